The second-order valence-electron chi connectivity index (χ2n) is 8.47. The maximum atomic E-state index is 13.3. The molecule has 13 heteroatoms. The first-order valence-electron chi connectivity index (χ1n) is 11.4. The Kier molecular flexibility index (Phi) is 7.99. The first-order valence-corrected chi connectivity index (χ1v) is 12.2. The summed E-state index contributed by atoms with van der Waals surface area (Å²) in [5, 5.41) is 4.32. The molecular formula is C27H20Cl2F3N3O5. The molecule has 3 amide bonds. The van der Waals surface area contributed by atoms with Gasteiger partial charge in [-0.05, 0) is 55.0 Å². The molecule has 1 aliphatic heterocycles. The van der Waals surface area contributed by atoms with Crippen molar-refractivity contribution in [2.75, 3.05) is 29.8 Å². The van der Waals surface area contributed by atoms with Crippen LogP contribution in [0.25, 0.3) is 0 Å². The fourth-order valence-corrected chi connectivity index (χ4v) is 4.29. The molecule has 0 atom stereocenters. The molecule has 0 spiro atoms. The SMILES string of the molecule is COc1ccc(N2C(=O)C(Cl)=C(Nc3cc(C(=O)Nc4ccc(Cl)c(C(F)(F)F)c4)ccc3C)C2=O)c(OC)c1. The summed E-state index contributed by atoms with van der Waals surface area (Å²) in [6.45, 7) is 1.68. The summed E-state index contributed by atoms with van der Waals surface area (Å²) in [6, 6.07) is 11.9. The van der Waals surface area contributed by atoms with Crippen molar-refractivity contribution in [3.05, 3.63) is 87.0 Å². The van der Waals surface area contributed by atoms with Gasteiger partial charge >= 0.3 is 6.18 Å². The van der Waals surface area contributed by atoms with Gasteiger partial charge < -0.3 is 20.1 Å². The molecule has 0 saturated carbocycles. The van der Waals surface area contributed by atoms with Crippen LogP contribution in [-0.4, -0.2) is 31.9 Å². The summed E-state index contributed by atoms with van der Waals surface area (Å²) in [5.41, 5.74) is -0.418. The highest BCUT2D eigenvalue weighted by atomic mass is 35.5. The zero-order valence-electron chi connectivity index (χ0n) is 21.1. The van der Waals surface area contributed by atoms with E-state index in [0.717, 1.165) is 17.0 Å². The number of hydrogen-bond donors (Lipinski definition) is 2. The van der Waals surface area contributed by atoms with E-state index in [1.807, 2.05) is 0 Å². The molecule has 0 unspecified atom stereocenters. The number of ether oxygens (including phenoxy) is 2. The van der Waals surface area contributed by atoms with Gasteiger partial charge in [-0.25, -0.2) is 4.90 Å². The Morgan fingerprint density at radius 2 is 1.65 bits per heavy atom. The number of nitrogens with one attached hydrogen (secondary N) is 2. The van der Waals surface area contributed by atoms with Crippen LogP contribution >= 0.6 is 23.2 Å². The summed E-state index contributed by atoms with van der Waals surface area (Å²) in [4.78, 5) is 40.0. The molecule has 208 valence electrons. The molecule has 0 aromatic heterocycles. The maximum Gasteiger partial charge on any atom is 0.417 e. The summed E-state index contributed by atoms with van der Waals surface area (Å²) >= 11 is 11.9. The second-order valence-corrected chi connectivity index (χ2v) is 9.26. The second kappa shape index (κ2) is 11.1. The topological polar surface area (TPSA) is 97.0 Å². The van der Waals surface area contributed by atoms with Crippen LogP contribution in [0.5, 0.6) is 11.5 Å². The highest BCUT2D eigenvalue weighted by Gasteiger charge is 2.40. The highest BCUT2D eigenvalue weighted by Crippen LogP contribution is 2.38. The Hall–Kier alpha value is -4.22. The van der Waals surface area contributed by atoms with Crippen LogP contribution < -0.4 is 25.0 Å². The summed E-state index contributed by atoms with van der Waals surface area (Å²) < 4.78 is 50.0. The lowest BCUT2D eigenvalue weighted by Gasteiger charge is -2.19. The third-order valence-electron chi connectivity index (χ3n) is 5.94. The number of halogens is 5. The molecule has 40 heavy (non-hydrogen) atoms. The summed E-state index contributed by atoms with van der Waals surface area (Å²) in [6.07, 6.45) is -4.71. The molecule has 0 radical (unpaired) electrons. The van der Waals surface area contributed by atoms with Crippen molar-refractivity contribution in [2.45, 2.75) is 13.1 Å². The Labute approximate surface area is 236 Å². The van der Waals surface area contributed by atoms with E-state index < -0.39 is 39.5 Å². The number of amides is 3. The first kappa shape index (κ1) is 28.8. The van der Waals surface area contributed by atoms with Gasteiger partial charge in [0.1, 0.15) is 22.2 Å². The Morgan fingerprint density at radius 1 is 0.925 bits per heavy atom. The van der Waals surface area contributed by atoms with Crippen molar-refractivity contribution in [1.82, 2.24) is 0 Å². The minimum absolute atomic E-state index is 0.0544. The normalized spacial score (nSPS) is 13.6. The van der Waals surface area contributed by atoms with Crippen LogP contribution in [0.2, 0.25) is 5.02 Å². The number of alkyl halides is 3. The molecule has 4 rings (SSSR count). The van der Waals surface area contributed by atoms with Crippen molar-refractivity contribution in [3.8, 4) is 11.5 Å². The Balaban J connectivity index is 1.59. The third-order valence-corrected chi connectivity index (χ3v) is 6.62. The number of benzene rings is 3. The van der Waals surface area contributed by atoms with E-state index in [-0.39, 0.29) is 34.1 Å². The number of rotatable bonds is 7. The van der Waals surface area contributed by atoms with Crippen molar-refractivity contribution < 1.29 is 37.0 Å². The minimum Gasteiger partial charge on any atom is -0.497 e. The van der Waals surface area contributed by atoms with Gasteiger partial charge in [0, 0.05) is 23.0 Å². The van der Waals surface area contributed by atoms with Crippen LogP contribution in [-0.2, 0) is 15.8 Å². The fourth-order valence-electron chi connectivity index (χ4n) is 3.86. The predicted molar refractivity (Wildman–Crippen MR) is 144 cm³/mol. The number of nitrogens with zero attached hydrogens (tertiary/aromatic N) is 1. The van der Waals surface area contributed by atoms with E-state index in [2.05, 4.69) is 10.6 Å². The van der Waals surface area contributed by atoms with E-state index >= 15 is 0 Å². The minimum atomic E-state index is -4.71. The molecule has 1 heterocycles. The van der Waals surface area contributed by atoms with Gasteiger partial charge in [-0.3, -0.25) is 14.4 Å². The van der Waals surface area contributed by atoms with Crippen molar-refractivity contribution >= 4 is 58.0 Å². The lowest BCUT2D eigenvalue weighted by molar-refractivity contribution is -0.137. The molecule has 8 nitrogen and oxygen atoms in total. The summed E-state index contributed by atoms with van der Waals surface area (Å²) in [5.74, 6) is -1.66. The number of aryl methyl sites for hydroxylation is 1. The molecule has 1 aliphatic rings. The quantitative estimate of drug-likeness (QED) is 0.309. The van der Waals surface area contributed by atoms with Crippen LogP contribution in [0.3, 0.4) is 0 Å². The predicted octanol–water partition coefficient (Wildman–Crippen LogP) is 6.37. The van der Waals surface area contributed by atoms with Crippen molar-refractivity contribution in [3.63, 3.8) is 0 Å². The van der Waals surface area contributed by atoms with Gasteiger partial charge in [0.05, 0.1) is 30.5 Å². The zero-order valence-corrected chi connectivity index (χ0v) is 22.6. The number of anilines is 3. The van der Waals surface area contributed by atoms with Gasteiger partial charge in [-0.1, -0.05) is 29.3 Å². The average molecular weight is 594 g/mol. The molecule has 3 aromatic rings. The molecule has 0 saturated heterocycles. The van der Waals surface area contributed by atoms with Gasteiger partial charge in [0.2, 0.25) is 0 Å². The average Bonchev–Trinajstić information content (AvgIpc) is 3.12. The number of carbonyl (C=O) groups is 3. The molecule has 2 N–H and O–H groups in total. The molecule has 0 fully saturated rings. The lowest BCUT2D eigenvalue weighted by Crippen LogP contribution is -2.32. The van der Waals surface area contributed by atoms with Crippen LogP contribution in [0.1, 0.15) is 21.5 Å². The van der Waals surface area contributed by atoms with E-state index in [1.165, 1.54) is 44.6 Å². The number of carbonyl (C=O) groups excluding carboxylic acids is 3. The Morgan fingerprint density at radius 3 is 2.30 bits per heavy atom. The number of hydrogen-bond acceptors (Lipinski definition) is 6. The van der Waals surface area contributed by atoms with Gasteiger partial charge in [-0.15, -0.1) is 0 Å². The highest BCUT2D eigenvalue weighted by molar-refractivity contribution is 6.53. The first-order chi connectivity index (χ1) is 18.8. The smallest absolute Gasteiger partial charge is 0.417 e. The maximum absolute atomic E-state index is 13.3. The number of imide groups is 1. The zero-order chi connectivity index (χ0) is 29.4. The fraction of sp³-hybridized carbons (Fsp3) is 0.148. The largest absolute Gasteiger partial charge is 0.497 e. The third kappa shape index (κ3) is 5.56. The van der Waals surface area contributed by atoms with Crippen molar-refractivity contribution in [2.24, 2.45) is 0 Å². The van der Waals surface area contributed by atoms with Crippen LogP contribution in [0.4, 0.5) is 30.2 Å². The van der Waals surface area contributed by atoms with Gasteiger partial charge in [-0.2, -0.15) is 13.2 Å². The standard InChI is InChI=1S/C27H20Cl2F3N3O5/c1-13-4-5-14(24(36)33-15-6-8-18(28)17(11-15)27(30,31)32)10-19(13)34-23-22(29)25(37)35(26(23)38)20-9-7-16(39-2)12-21(20)40-3/h4-12,34H,1-3H3,(H,33,36). The molecule has 3 aromatic carbocycles. The summed E-state index contributed by atoms with van der Waals surface area (Å²) in [7, 11) is 2.82. The molecular weight excluding hydrogens is 574 g/mol. The monoisotopic (exact) mass is 593 g/mol. The molecule has 0 aliphatic carbocycles. The van der Waals surface area contributed by atoms with E-state index in [9.17, 15) is 27.6 Å². The van der Waals surface area contributed by atoms with Crippen molar-refractivity contribution in [1.29, 1.82) is 0 Å². The van der Waals surface area contributed by atoms with Crippen LogP contribution in [0, 0.1) is 6.92 Å². The van der Waals surface area contributed by atoms with E-state index in [0.29, 0.717) is 11.3 Å². The Bertz CT molecular complexity index is 1570. The van der Waals surface area contributed by atoms with Gasteiger partial charge in [0.15, 0.2) is 0 Å². The lowest BCUT2D eigenvalue weighted by atomic mass is 10.1. The van der Waals surface area contributed by atoms with Crippen LogP contribution in [0.15, 0.2) is 65.3 Å². The van der Waals surface area contributed by atoms with E-state index in [1.54, 1.807) is 19.1 Å². The molecule has 0 bridgehead atoms. The van der Waals surface area contributed by atoms with E-state index in [4.69, 9.17) is 32.7 Å². The van der Waals surface area contributed by atoms with Gasteiger partial charge in [0.25, 0.3) is 17.7 Å². The number of methoxy groups -OCH3 is 2.